The first-order chi connectivity index (χ1) is 15.7. The van der Waals surface area contributed by atoms with E-state index in [-0.39, 0.29) is 11.6 Å². The van der Waals surface area contributed by atoms with Crippen LogP contribution in [0.3, 0.4) is 0 Å². The van der Waals surface area contributed by atoms with Crippen LogP contribution in [0.1, 0.15) is 18.9 Å². The highest BCUT2D eigenvalue weighted by molar-refractivity contribution is 5.87. The maximum Gasteiger partial charge on any atom is 0.417 e. The van der Waals surface area contributed by atoms with Crippen LogP contribution in [0.2, 0.25) is 0 Å². The van der Waals surface area contributed by atoms with E-state index >= 15 is 0 Å². The van der Waals surface area contributed by atoms with Crippen molar-refractivity contribution in [3.05, 3.63) is 94.8 Å². The average molecular weight is 454 g/mol. The fraction of sp³-hybridized carbons (Fsp3) is 0.125. The van der Waals surface area contributed by atoms with Gasteiger partial charge in [-0.05, 0) is 36.8 Å². The third-order valence-corrected chi connectivity index (χ3v) is 4.47. The van der Waals surface area contributed by atoms with Gasteiger partial charge < -0.3 is 11.1 Å². The predicted molar refractivity (Wildman–Crippen MR) is 123 cm³/mol. The third-order valence-electron chi connectivity index (χ3n) is 4.47. The predicted octanol–water partition coefficient (Wildman–Crippen LogP) is 5.01. The number of nitrogens with two attached hydrogens (primary N) is 1. The Labute approximate surface area is 187 Å². The van der Waals surface area contributed by atoms with Gasteiger partial charge in [0.15, 0.2) is 11.1 Å². The number of primary amides is 1. The van der Waals surface area contributed by atoms with Gasteiger partial charge in [-0.25, -0.2) is 4.98 Å². The number of pyridine rings is 2. The van der Waals surface area contributed by atoms with E-state index in [4.69, 9.17) is 0 Å². The number of hydrogen-bond donors (Lipinski definition) is 2. The highest BCUT2D eigenvalue weighted by Crippen LogP contribution is 2.34. The fourth-order valence-electron chi connectivity index (χ4n) is 3.21. The molecular formula is C24H21F3N4O2. The van der Waals surface area contributed by atoms with Gasteiger partial charge in [-0.3, -0.25) is 14.2 Å². The van der Waals surface area contributed by atoms with Crippen LogP contribution in [-0.4, -0.2) is 15.5 Å². The van der Waals surface area contributed by atoms with Crippen molar-refractivity contribution in [3.63, 3.8) is 0 Å². The summed E-state index contributed by atoms with van der Waals surface area (Å²) in [6.07, 6.45) is 6.30. The molecule has 170 valence electrons. The number of anilines is 2. The monoisotopic (exact) mass is 454 g/mol. The number of aromatic nitrogens is 2. The van der Waals surface area contributed by atoms with Crippen molar-refractivity contribution in [1.82, 2.24) is 9.55 Å². The SMILES string of the molecule is CC(N)=O.O=c1cc(Nc2ccccc2)n(C2=CC=CCC=C2)c2nccc(C(F)(F)F)c12. The third kappa shape index (κ3) is 5.76. The quantitative estimate of drug-likeness (QED) is 0.582. The molecule has 6 nitrogen and oxygen atoms in total. The summed E-state index contributed by atoms with van der Waals surface area (Å²) < 4.78 is 42.2. The minimum absolute atomic E-state index is 0.0584. The molecule has 2 heterocycles. The first kappa shape index (κ1) is 23.5. The van der Waals surface area contributed by atoms with Crippen molar-refractivity contribution in [2.75, 3.05) is 5.32 Å². The molecule has 1 aromatic carbocycles. The van der Waals surface area contributed by atoms with Crippen molar-refractivity contribution in [2.45, 2.75) is 19.5 Å². The van der Waals surface area contributed by atoms with Crippen molar-refractivity contribution >= 4 is 34.1 Å². The Morgan fingerprint density at radius 2 is 1.85 bits per heavy atom. The zero-order valence-electron chi connectivity index (χ0n) is 17.6. The molecule has 0 atom stereocenters. The topological polar surface area (TPSA) is 90.0 Å². The molecule has 0 saturated heterocycles. The van der Waals surface area contributed by atoms with E-state index in [0.29, 0.717) is 23.6 Å². The number of nitrogens with one attached hydrogen (secondary N) is 1. The van der Waals surface area contributed by atoms with Crippen LogP contribution >= 0.6 is 0 Å². The lowest BCUT2D eigenvalue weighted by molar-refractivity contribution is -0.136. The normalized spacial score (nSPS) is 13.0. The van der Waals surface area contributed by atoms with Gasteiger partial charge in [0.25, 0.3) is 0 Å². The number of nitrogens with zero attached hydrogens (tertiary/aromatic N) is 2. The number of fused-ring (bicyclic) bond motifs is 1. The van der Waals surface area contributed by atoms with Crippen LogP contribution in [0.5, 0.6) is 0 Å². The minimum atomic E-state index is -4.67. The summed E-state index contributed by atoms with van der Waals surface area (Å²) in [5, 5.41) is 2.67. The van der Waals surface area contributed by atoms with Gasteiger partial charge in [0.1, 0.15) is 5.82 Å². The van der Waals surface area contributed by atoms with Crippen molar-refractivity contribution in [3.8, 4) is 0 Å². The van der Waals surface area contributed by atoms with Crippen molar-refractivity contribution in [2.24, 2.45) is 5.73 Å². The number of halogens is 3. The van der Waals surface area contributed by atoms with Crippen LogP contribution < -0.4 is 16.5 Å². The Balaban J connectivity index is 0.000000709. The summed E-state index contributed by atoms with van der Waals surface area (Å²) in [5.41, 5.74) is 3.96. The molecule has 1 aliphatic rings. The van der Waals surface area contributed by atoms with Crippen LogP contribution in [-0.2, 0) is 11.0 Å². The summed E-state index contributed by atoms with van der Waals surface area (Å²) in [6.45, 7) is 1.31. The molecular weight excluding hydrogens is 433 g/mol. The summed E-state index contributed by atoms with van der Waals surface area (Å²) in [6, 6.07) is 11.1. The molecule has 1 amide bonds. The molecule has 1 aliphatic carbocycles. The van der Waals surface area contributed by atoms with Crippen LogP contribution in [0.25, 0.3) is 16.7 Å². The molecule has 0 unspecified atom stereocenters. The van der Waals surface area contributed by atoms with E-state index in [1.807, 2.05) is 36.4 Å². The number of carbonyl (C=O) groups excluding carboxylic acids is 1. The number of carbonyl (C=O) groups is 1. The average Bonchev–Trinajstić information content (AvgIpc) is 3.02. The minimum Gasteiger partial charge on any atom is -0.370 e. The number of hydrogen-bond acceptors (Lipinski definition) is 4. The van der Waals surface area contributed by atoms with E-state index in [1.165, 1.54) is 17.6 Å². The van der Waals surface area contributed by atoms with Crippen LogP contribution in [0, 0.1) is 0 Å². The first-order valence-electron chi connectivity index (χ1n) is 9.92. The van der Waals surface area contributed by atoms with E-state index in [1.54, 1.807) is 24.3 Å². The highest BCUT2D eigenvalue weighted by Gasteiger charge is 2.34. The van der Waals surface area contributed by atoms with Crippen LogP contribution in [0.15, 0.2) is 83.8 Å². The Morgan fingerprint density at radius 1 is 1.15 bits per heavy atom. The molecule has 2 aromatic heterocycles. The van der Waals surface area contributed by atoms with Gasteiger partial charge in [-0.15, -0.1) is 0 Å². The standard InChI is InChI=1S/C22H16F3N3O.C2H5NO/c23-22(24,25)17-12-13-26-21-20(17)18(29)14-19(27-15-8-4-3-5-9-15)28(21)16-10-6-1-2-7-11-16;1-2(3)4/h1,3-14,27H,2H2;1H3,(H2,3,4). The number of rotatable bonds is 3. The fourth-order valence-corrected chi connectivity index (χ4v) is 3.21. The lowest BCUT2D eigenvalue weighted by Gasteiger charge is -2.19. The first-order valence-corrected chi connectivity index (χ1v) is 9.92. The number of allylic oxidation sites excluding steroid dienone is 6. The second kappa shape index (κ2) is 9.99. The van der Waals surface area contributed by atoms with E-state index < -0.39 is 22.6 Å². The molecule has 3 aromatic rings. The molecule has 0 radical (unpaired) electrons. The van der Waals surface area contributed by atoms with Crippen LogP contribution in [0.4, 0.5) is 24.7 Å². The van der Waals surface area contributed by atoms with Crippen molar-refractivity contribution in [1.29, 1.82) is 0 Å². The lowest BCUT2D eigenvalue weighted by atomic mass is 10.1. The Hall–Kier alpha value is -4.14. The maximum absolute atomic E-state index is 13.6. The zero-order valence-corrected chi connectivity index (χ0v) is 17.6. The number of alkyl halides is 3. The summed E-state index contributed by atoms with van der Waals surface area (Å²) in [5.74, 6) is -0.00766. The van der Waals surface area contributed by atoms with Gasteiger partial charge in [-0.1, -0.05) is 36.4 Å². The van der Waals surface area contributed by atoms with Gasteiger partial charge in [0.2, 0.25) is 5.91 Å². The molecule has 0 bridgehead atoms. The summed E-state index contributed by atoms with van der Waals surface area (Å²) in [7, 11) is 0. The smallest absolute Gasteiger partial charge is 0.370 e. The molecule has 9 heteroatoms. The van der Waals surface area contributed by atoms with E-state index in [2.05, 4.69) is 16.0 Å². The van der Waals surface area contributed by atoms with Crippen molar-refractivity contribution < 1.29 is 18.0 Å². The largest absolute Gasteiger partial charge is 0.417 e. The zero-order chi connectivity index (χ0) is 24.0. The summed E-state index contributed by atoms with van der Waals surface area (Å²) >= 11 is 0. The molecule has 0 spiro atoms. The molecule has 0 aliphatic heterocycles. The van der Waals surface area contributed by atoms with Gasteiger partial charge in [0.05, 0.1) is 10.9 Å². The number of para-hydroxylation sites is 1. The van der Waals surface area contributed by atoms with E-state index in [9.17, 15) is 22.8 Å². The molecule has 3 N–H and O–H groups in total. The second-order valence-corrected chi connectivity index (χ2v) is 7.04. The maximum atomic E-state index is 13.6. The Bertz CT molecular complexity index is 1300. The highest BCUT2D eigenvalue weighted by atomic mass is 19.4. The molecule has 4 rings (SSSR count). The molecule has 33 heavy (non-hydrogen) atoms. The lowest BCUT2D eigenvalue weighted by Crippen LogP contribution is -2.18. The number of amides is 1. The number of benzene rings is 1. The van der Waals surface area contributed by atoms with Gasteiger partial charge in [0, 0.05) is 30.6 Å². The van der Waals surface area contributed by atoms with Gasteiger partial charge >= 0.3 is 6.18 Å². The molecule has 0 fully saturated rings. The van der Waals surface area contributed by atoms with E-state index in [0.717, 1.165) is 12.3 Å². The Kier molecular flexibility index (Phi) is 7.12. The molecule has 0 saturated carbocycles. The summed E-state index contributed by atoms with van der Waals surface area (Å²) in [4.78, 5) is 26.1. The van der Waals surface area contributed by atoms with Gasteiger partial charge in [-0.2, -0.15) is 13.2 Å². The Morgan fingerprint density at radius 3 is 2.52 bits per heavy atom. The second-order valence-electron chi connectivity index (χ2n) is 7.04.